The number of phenolic OH excluding ortho intramolecular Hbond substituents is 1. The Bertz CT molecular complexity index is 592. The van der Waals surface area contributed by atoms with Gasteiger partial charge in [-0.25, -0.2) is 0 Å². The van der Waals surface area contributed by atoms with Crippen LogP contribution in [0.25, 0.3) is 0 Å². The molecule has 4 N–H and O–H groups in total. The Labute approximate surface area is 124 Å². The summed E-state index contributed by atoms with van der Waals surface area (Å²) in [4.78, 5) is 12.2. The summed E-state index contributed by atoms with van der Waals surface area (Å²) in [5.74, 6) is 0.0360. The highest BCUT2D eigenvalue weighted by molar-refractivity contribution is 5.86. The molecule has 0 aliphatic heterocycles. The van der Waals surface area contributed by atoms with E-state index in [4.69, 9.17) is 5.73 Å². The van der Waals surface area contributed by atoms with Crippen LogP contribution in [0.1, 0.15) is 18.1 Å². The Hall–Kier alpha value is -2.33. The minimum absolute atomic E-state index is 0.201. The molecule has 2 aromatic rings. The number of phenols is 1. The lowest BCUT2D eigenvalue weighted by atomic mass is 9.92. The van der Waals surface area contributed by atoms with Crippen molar-refractivity contribution in [3.05, 3.63) is 65.7 Å². The zero-order chi connectivity index (χ0) is 15.3. The molecule has 4 heteroatoms. The third-order valence-electron chi connectivity index (χ3n) is 3.48. The number of nitrogens with one attached hydrogen (secondary N) is 1. The van der Waals surface area contributed by atoms with Crippen molar-refractivity contribution >= 4 is 5.91 Å². The van der Waals surface area contributed by atoms with Gasteiger partial charge in [0, 0.05) is 6.54 Å². The molecule has 1 amide bonds. The highest BCUT2D eigenvalue weighted by Gasteiger charge is 2.29. The monoisotopic (exact) mass is 284 g/mol. The molecule has 0 aliphatic carbocycles. The number of aromatic hydroxyl groups is 1. The minimum atomic E-state index is -1.05. The molecule has 0 saturated heterocycles. The fourth-order valence-electron chi connectivity index (χ4n) is 2.08. The fraction of sp³-hybridized carbons (Fsp3) is 0.235. The average molecular weight is 284 g/mol. The van der Waals surface area contributed by atoms with E-state index in [-0.39, 0.29) is 11.7 Å². The van der Waals surface area contributed by atoms with Crippen molar-refractivity contribution in [3.8, 4) is 5.75 Å². The maximum Gasteiger partial charge on any atom is 0.244 e. The molecule has 1 atom stereocenters. The average Bonchev–Trinajstić information content (AvgIpc) is 2.50. The van der Waals surface area contributed by atoms with Crippen molar-refractivity contribution in [2.45, 2.75) is 18.9 Å². The molecule has 0 radical (unpaired) electrons. The first-order valence-electron chi connectivity index (χ1n) is 6.91. The Morgan fingerprint density at radius 2 is 1.76 bits per heavy atom. The normalized spacial score (nSPS) is 13.4. The van der Waals surface area contributed by atoms with E-state index >= 15 is 0 Å². The topological polar surface area (TPSA) is 75.4 Å². The van der Waals surface area contributed by atoms with Gasteiger partial charge < -0.3 is 16.2 Å². The van der Waals surface area contributed by atoms with Crippen LogP contribution in [-0.2, 0) is 16.8 Å². The lowest BCUT2D eigenvalue weighted by molar-refractivity contribution is -0.126. The molecule has 2 rings (SSSR count). The van der Waals surface area contributed by atoms with Crippen LogP contribution in [0.15, 0.2) is 54.6 Å². The summed E-state index contributed by atoms with van der Waals surface area (Å²) in [6.45, 7) is 2.21. The minimum Gasteiger partial charge on any atom is -0.508 e. The predicted octanol–water partition coefficient (Wildman–Crippen LogP) is 1.93. The van der Waals surface area contributed by atoms with Gasteiger partial charge in [0.1, 0.15) is 11.3 Å². The van der Waals surface area contributed by atoms with Crippen LogP contribution in [0.5, 0.6) is 5.75 Å². The zero-order valence-electron chi connectivity index (χ0n) is 12.0. The van der Waals surface area contributed by atoms with E-state index in [1.807, 2.05) is 42.5 Å². The molecule has 1 unspecified atom stereocenters. The Morgan fingerprint density at radius 3 is 2.38 bits per heavy atom. The summed E-state index contributed by atoms with van der Waals surface area (Å²) >= 11 is 0. The molecule has 4 nitrogen and oxygen atoms in total. The summed E-state index contributed by atoms with van der Waals surface area (Å²) in [7, 11) is 0. The van der Waals surface area contributed by atoms with Crippen molar-refractivity contribution in [1.29, 1.82) is 0 Å². The largest absolute Gasteiger partial charge is 0.508 e. The van der Waals surface area contributed by atoms with Crippen molar-refractivity contribution in [3.63, 3.8) is 0 Å². The van der Waals surface area contributed by atoms with Gasteiger partial charge in [-0.15, -0.1) is 0 Å². The first kappa shape index (κ1) is 15.1. The van der Waals surface area contributed by atoms with Crippen molar-refractivity contribution < 1.29 is 9.90 Å². The molecule has 0 spiro atoms. The Morgan fingerprint density at radius 1 is 1.14 bits per heavy atom. The van der Waals surface area contributed by atoms with Crippen molar-refractivity contribution in [2.24, 2.45) is 5.73 Å². The molecule has 0 aromatic heterocycles. The molecule has 0 fully saturated rings. The van der Waals surface area contributed by atoms with Crippen LogP contribution in [0.4, 0.5) is 0 Å². The number of carbonyl (C=O) groups is 1. The van der Waals surface area contributed by atoms with Crippen LogP contribution in [0.3, 0.4) is 0 Å². The third-order valence-corrected chi connectivity index (χ3v) is 3.48. The molecule has 0 saturated carbocycles. The summed E-state index contributed by atoms with van der Waals surface area (Å²) in [5, 5.41) is 12.1. The quantitative estimate of drug-likeness (QED) is 0.785. The maximum absolute atomic E-state index is 12.2. The first-order chi connectivity index (χ1) is 10.00. The van der Waals surface area contributed by atoms with E-state index in [0.29, 0.717) is 13.0 Å². The van der Waals surface area contributed by atoms with Crippen LogP contribution < -0.4 is 11.1 Å². The second-order valence-electron chi connectivity index (χ2n) is 5.24. The number of rotatable bonds is 5. The number of benzene rings is 2. The SMILES string of the molecule is CC(N)(C(=O)NCCc1ccc(O)cc1)c1ccccc1. The number of hydrogen-bond acceptors (Lipinski definition) is 3. The fourth-order valence-corrected chi connectivity index (χ4v) is 2.08. The molecule has 0 heterocycles. The zero-order valence-corrected chi connectivity index (χ0v) is 12.0. The van der Waals surface area contributed by atoms with E-state index in [9.17, 15) is 9.90 Å². The molecular weight excluding hydrogens is 264 g/mol. The molecule has 110 valence electrons. The highest BCUT2D eigenvalue weighted by atomic mass is 16.3. The van der Waals surface area contributed by atoms with Gasteiger partial charge in [0.05, 0.1) is 0 Å². The van der Waals surface area contributed by atoms with Gasteiger partial charge in [0.15, 0.2) is 0 Å². The number of carbonyl (C=O) groups excluding carboxylic acids is 1. The number of hydrogen-bond donors (Lipinski definition) is 3. The Kier molecular flexibility index (Phi) is 4.60. The van der Waals surface area contributed by atoms with Gasteiger partial charge >= 0.3 is 0 Å². The lowest BCUT2D eigenvalue weighted by Gasteiger charge is -2.24. The van der Waals surface area contributed by atoms with Gasteiger partial charge in [-0.05, 0) is 36.6 Å². The molecule has 0 bridgehead atoms. The van der Waals surface area contributed by atoms with Gasteiger partial charge in [0.25, 0.3) is 0 Å². The van der Waals surface area contributed by atoms with Crippen molar-refractivity contribution in [1.82, 2.24) is 5.32 Å². The van der Waals surface area contributed by atoms with E-state index in [1.54, 1.807) is 19.1 Å². The first-order valence-corrected chi connectivity index (χ1v) is 6.91. The van der Waals surface area contributed by atoms with E-state index in [0.717, 1.165) is 11.1 Å². The highest BCUT2D eigenvalue weighted by Crippen LogP contribution is 2.17. The second-order valence-corrected chi connectivity index (χ2v) is 5.24. The number of amides is 1. The van der Waals surface area contributed by atoms with E-state index < -0.39 is 5.54 Å². The van der Waals surface area contributed by atoms with Crippen LogP contribution in [0.2, 0.25) is 0 Å². The third kappa shape index (κ3) is 3.83. The number of nitrogens with two attached hydrogens (primary N) is 1. The van der Waals surface area contributed by atoms with Crippen LogP contribution in [0, 0.1) is 0 Å². The molecule has 0 aliphatic rings. The van der Waals surface area contributed by atoms with E-state index in [2.05, 4.69) is 5.32 Å². The predicted molar refractivity (Wildman–Crippen MR) is 82.8 cm³/mol. The summed E-state index contributed by atoms with van der Waals surface area (Å²) in [6, 6.07) is 16.2. The van der Waals surface area contributed by atoms with Gasteiger partial charge in [-0.3, -0.25) is 4.79 Å². The summed E-state index contributed by atoms with van der Waals surface area (Å²) in [5.41, 5.74) is 6.92. The Balaban J connectivity index is 1.91. The summed E-state index contributed by atoms with van der Waals surface area (Å²) < 4.78 is 0. The smallest absolute Gasteiger partial charge is 0.244 e. The second kappa shape index (κ2) is 6.41. The molecule has 2 aromatic carbocycles. The molecule has 21 heavy (non-hydrogen) atoms. The standard InChI is InChI=1S/C17H20N2O2/c1-17(18,14-5-3-2-4-6-14)16(21)19-12-11-13-7-9-15(20)10-8-13/h2-10,20H,11-12,18H2,1H3,(H,19,21). The molecular formula is C17H20N2O2. The lowest BCUT2D eigenvalue weighted by Crippen LogP contribution is -2.49. The maximum atomic E-state index is 12.2. The van der Waals surface area contributed by atoms with Crippen molar-refractivity contribution in [2.75, 3.05) is 6.54 Å². The van der Waals surface area contributed by atoms with Crippen LogP contribution >= 0.6 is 0 Å². The van der Waals surface area contributed by atoms with Crippen LogP contribution in [-0.4, -0.2) is 17.6 Å². The van der Waals surface area contributed by atoms with E-state index in [1.165, 1.54) is 0 Å². The van der Waals surface area contributed by atoms with Gasteiger partial charge in [0.2, 0.25) is 5.91 Å². The summed E-state index contributed by atoms with van der Waals surface area (Å²) in [6.07, 6.45) is 0.691. The van der Waals surface area contributed by atoms with Gasteiger partial charge in [-0.2, -0.15) is 0 Å². The van der Waals surface area contributed by atoms with Gasteiger partial charge in [-0.1, -0.05) is 42.5 Å².